The lowest BCUT2D eigenvalue weighted by Gasteiger charge is -2.10. The normalized spacial score (nSPS) is 11.0. The summed E-state index contributed by atoms with van der Waals surface area (Å²) in [5, 5.41) is 0. The highest BCUT2D eigenvalue weighted by Gasteiger charge is 2.14. The molecule has 0 heterocycles. The fourth-order valence-electron chi connectivity index (χ4n) is 2.36. The van der Waals surface area contributed by atoms with Gasteiger partial charge in [-0.25, -0.2) is 4.79 Å². The molecule has 0 radical (unpaired) electrons. The molecule has 0 unspecified atom stereocenters. The molecule has 2 rings (SSSR count). The number of hydrogen-bond donors (Lipinski definition) is 0. The van der Waals surface area contributed by atoms with Crippen LogP contribution < -0.4 is 9.47 Å². The van der Waals surface area contributed by atoms with Gasteiger partial charge in [0.25, 0.3) is 0 Å². The molecule has 0 amide bonds. The Kier molecular flexibility index (Phi) is 5.95. The first-order chi connectivity index (χ1) is 12.0. The van der Waals surface area contributed by atoms with E-state index in [0.29, 0.717) is 28.2 Å². The van der Waals surface area contributed by atoms with Crippen LogP contribution >= 0.6 is 0 Å². The van der Waals surface area contributed by atoms with Crippen LogP contribution in [0.1, 0.15) is 28.4 Å². The monoisotopic (exact) mass is 340 g/mol. The lowest BCUT2D eigenvalue weighted by Crippen LogP contribution is -2.04. The molecule has 0 N–H and O–H groups in total. The van der Waals surface area contributed by atoms with Crippen molar-refractivity contribution in [2.24, 2.45) is 0 Å². The molecule has 0 spiro atoms. The first-order valence-corrected chi connectivity index (χ1v) is 7.63. The second-order valence-corrected chi connectivity index (χ2v) is 5.30. The van der Waals surface area contributed by atoms with Crippen molar-refractivity contribution in [1.29, 1.82) is 0 Å². The summed E-state index contributed by atoms with van der Waals surface area (Å²) >= 11 is 0. The van der Waals surface area contributed by atoms with E-state index in [1.54, 1.807) is 56.7 Å². The lowest BCUT2D eigenvalue weighted by atomic mass is 10.0. The minimum absolute atomic E-state index is 0.0324. The van der Waals surface area contributed by atoms with Gasteiger partial charge < -0.3 is 14.2 Å². The van der Waals surface area contributed by atoms with E-state index in [-0.39, 0.29) is 5.78 Å². The van der Waals surface area contributed by atoms with Gasteiger partial charge in [0, 0.05) is 5.56 Å². The summed E-state index contributed by atoms with van der Waals surface area (Å²) in [5.74, 6) is 0.665. The van der Waals surface area contributed by atoms with Crippen LogP contribution in [0.2, 0.25) is 0 Å². The van der Waals surface area contributed by atoms with Crippen molar-refractivity contribution in [2.75, 3.05) is 21.3 Å². The largest absolute Gasteiger partial charge is 0.493 e. The van der Waals surface area contributed by atoms with Crippen LogP contribution in [0.15, 0.2) is 42.5 Å². The van der Waals surface area contributed by atoms with Gasteiger partial charge in [-0.1, -0.05) is 30.3 Å². The summed E-state index contributed by atoms with van der Waals surface area (Å²) in [5.41, 5.74) is 2.38. The smallest absolute Gasteiger partial charge is 0.338 e. The number of ketones is 1. The van der Waals surface area contributed by atoms with Crippen LogP contribution in [-0.2, 0) is 9.53 Å². The fourth-order valence-corrected chi connectivity index (χ4v) is 2.36. The number of esters is 1. The van der Waals surface area contributed by atoms with Crippen molar-refractivity contribution >= 4 is 23.4 Å². The van der Waals surface area contributed by atoms with E-state index in [4.69, 9.17) is 14.2 Å². The van der Waals surface area contributed by atoms with Crippen molar-refractivity contribution in [3.63, 3.8) is 0 Å². The number of carbonyl (C=O) groups excluding carboxylic acids is 2. The lowest BCUT2D eigenvalue weighted by molar-refractivity contribution is -0.133. The Morgan fingerprint density at radius 3 is 1.96 bits per heavy atom. The van der Waals surface area contributed by atoms with Gasteiger partial charge >= 0.3 is 5.97 Å². The zero-order valence-electron chi connectivity index (χ0n) is 14.7. The molecule has 5 nitrogen and oxygen atoms in total. The highest BCUT2D eigenvalue weighted by atomic mass is 16.5. The van der Waals surface area contributed by atoms with E-state index in [9.17, 15) is 9.59 Å². The second kappa shape index (κ2) is 8.15. The number of carbonyl (C=O) groups is 2. The number of hydrogen-bond acceptors (Lipinski definition) is 5. The van der Waals surface area contributed by atoms with E-state index in [0.717, 1.165) is 5.56 Å². The third-order valence-electron chi connectivity index (χ3n) is 3.73. The quantitative estimate of drug-likeness (QED) is 0.348. The molecular formula is C20H20O5. The van der Waals surface area contributed by atoms with Gasteiger partial charge in [-0.2, -0.15) is 0 Å². The Bertz CT molecular complexity index is 803. The van der Waals surface area contributed by atoms with Crippen LogP contribution in [0.4, 0.5) is 0 Å². The molecule has 0 atom stereocenters. The van der Waals surface area contributed by atoms with Gasteiger partial charge in [-0.3, -0.25) is 4.79 Å². The van der Waals surface area contributed by atoms with Crippen LogP contribution in [-0.4, -0.2) is 33.1 Å². The molecule has 5 heteroatoms. The molecule has 0 aliphatic carbocycles. The van der Waals surface area contributed by atoms with E-state index in [1.807, 2.05) is 6.07 Å². The molecule has 130 valence electrons. The zero-order chi connectivity index (χ0) is 18.4. The first-order valence-electron chi connectivity index (χ1n) is 7.63. The van der Waals surface area contributed by atoms with Crippen LogP contribution in [0, 0.1) is 0 Å². The standard InChI is InChI=1S/C20H20O5/c1-13(21)15-6-8-16(9-7-15)17(20(22)25-4)11-14-5-10-18(23-2)19(12-14)24-3/h5-12H,1-4H3/b17-11+. The molecular weight excluding hydrogens is 320 g/mol. The fraction of sp³-hybridized carbons (Fsp3) is 0.200. The summed E-state index contributed by atoms with van der Waals surface area (Å²) in [6, 6.07) is 12.2. The molecule has 0 aromatic heterocycles. The molecule has 0 saturated carbocycles. The van der Waals surface area contributed by atoms with Crippen molar-refractivity contribution < 1.29 is 23.8 Å². The van der Waals surface area contributed by atoms with E-state index < -0.39 is 5.97 Å². The van der Waals surface area contributed by atoms with Crippen LogP contribution in [0.3, 0.4) is 0 Å². The summed E-state index contributed by atoms with van der Waals surface area (Å²) in [4.78, 5) is 23.6. The molecule has 0 aliphatic rings. The van der Waals surface area contributed by atoms with Crippen LogP contribution in [0.5, 0.6) is 11.5 Å². The molecule has 2 aromatic rings. The molecule has 0 saturated heterocycles. The first kappa shape index (κ1) is 18.3. The average Bonchev–Trinajstić information content (AvgIpc) is 2.65. The van der Waals surface area contributed by atoms with Gasteiger partial charge in [0.05, 0.1) is 26.9 Å². The van der Waals surface area contributed by atoms with Gasteiger partial charge in [0.15, 0.2) is 17.3 Å². The zero-order valence-corrected chi connectivity index (χ0v) is 14.7. The molecule has 0 aliphatic heterocycles. The molecule has 2 aromatic carbocycles. The highest BCUT2D eigenvalue weighted by molar-refractivity contribution is 6.21. The molecule has 0 fully saturated rings. The Labute approximate surface area is 146 Å². The summed E-state index contributed by atoms with van der Waals surface area (Å²) in [7, 11) is 4.44. The maximum Gasteiger partial charge on any atom is 0.338 e. The Balaban J connectivity index is 2.48. The Morgan fingerprint density at radius 2 is 1.44 bits per heavy atom. The number of Topliss-reactive ketones (excluding diaryl/α,β-unsaturated/α-hetero) is 1. The van der Waals surface area contributed by atoms with E-state index in [2.05, 4.69) is 0 Å². The molecule has 25 heavy (non-hydrogen) atoms. The molecule has 0 bridgehead atoms. The summed E-state index contributed by atoms with van der Waals surface area (Å²) in [6.45, 7) is 1.50. The van der Waals surface area contributed by atoms with Crippen LogP contribution in [0.25, 0.3) is 11.6 Å². The number of methoxy groups -OCH3 is 3. The Morgan fingerprint density at radius 1 is 0.840 bits per heavy atom. The van der Waals surface area contributed by atoms with Crippen molar-refractivity contribution in [2.45, 2.75) is 6.92 Å². The maximum atomic E-state index is 12.2. The minimum Gasteiger partial charge on any atom is -0.493 e. The van der Waals surface area contributed by atoms with Gasteiger partial charge in [-0.05, 0) is 36.3 Å². The number of rotatable bonds is 6. The van der Waals surface area contributed by atoms with Crippen molar-refractivity contribution in [3.8, 4) is 11.5 Å². The number of ether oxygens (including phenoxy) is 3. The van der Waals surface area contributed by atoms with Gasteiger partial charge in [0.1, 0.15) is 0 Å². The summed E-state index contributed by atoms with van der Waals surface area (Å²) < 4.78 is 15.4. The average molecular weight is 340 g/mol. The topological polar surface area (TPSA) is 61.8 Å². The van der Waals surface area contributed by atoms with E-state index >= 15 is 0 Å². The SMILES string of the molecule is COC(=O)/C(=C/c1ccc(OC)c(OC)c1)c1ccc(C(C)=O)cc1. The number of benzene rings is 2. The van der Waals surface area contributed by atoms with E-state index in [1.165, 1.54) is 14.0 Å². The third-order valence-corrected chi connectivity index (χ3v) is 3.73. The van der Waals surface area contributed by atoms with Crippen molar-refractivity contribution in [1.82, 2.24) is 0 Å². The predicted molar refractivity (Wildman–Crippen MR) is 95.9 cm³/mol. The minimum atomic E-state index is -0.467. The summed E-state index contributed by atoms with van der Waals surface area (Å²) in [6.07, 6.45) is 1.70. The van der Waals surface area contributed by atoms with Gasteiger partial charge in [-0.15, -0.1) is 0 Å². The third kappa shape index (κ3) is 4.26. The second-order valence-electron chi connectivity index (χ2n) is 5.30. The Hall–Kier alpha value is -3.08. The van der Waals surface area contributed by atoms with Crippen molar-refractivity contribution in [3.05, 3.63) is 59.2 Å². The predicted octanol–water partition coefficient (Wildman–Crippen LogP) is 3.62. The highest BCUT2D eigenvalue weighted by Crippen LogP contribution is 2.29. The maximum absolute atomic E-state index is 12.2. The van der Waals surface area contributed by atoms with Gasteiger partial charge in [0.2, 0.25) is 0 Å².